The van der Waals surface area contributed by atoms with Crippen molar-refractivity contribution in [2.75, 3.05) is 17.2 Å². The number of anilines is 3. The first-order valence-corrected chi connectivity index (χ1v) is 8.59. The molecule has 0 saturated heterocycles. The van der Waals surface area contributed by atoms with Gasteiger partial charge in [0.2, 0.25) is 0 Å². The van der Waals surface area contributed by atoms with Crippen molar-refractivity contribution >= 4 is 29.1 Å². The fourth-order valence-electron chi connectivity index (χ4n) is 2.37. The number of esters is 1. The number of benzene rings is 2. The van der Waals surface area contributed by atoms with Crippen LogP contribution in [0.3, 0.4) is 0 Å². The number of aromatic nitrogens is 2. The molecule has 0 bridgehead atoms. The molecule has 0 fully saturated rings. The van der Waals surface area contributed by atoms with Crippen LogP contribution in [-0.4, -0.2) is 28.5 Å². The van der Waals surface area contributed by atoms with Crippen molar-refractivity contribution in [3.63, 3.8) is 0 Å². The van der Waals surface area contributed by atoms with Crippen molar-refractivity contribution < 1.29 is 23.1 Å². The maximum atomic E-state index is 13.3. The summed E-state index contributed by atoms with van der Waals surface area (Å²) in [6, 6.07) is 10.8. The topological polar surface area (TPSA) is 93.2 Å². The van der Waals surface area contributed by atoms with E-state index in [9.17, 15) is 18.4 Å². The first-order chi connectivity index (χ1) is 14.0. The van der Waals surface area contributed by atoms with Gasteiger partial charge < -0.3 is 15.4 Å². The summed E-state index contributed by atoms with van der Waals surface area (Å²) in [5.41, 5.74) is 1.14. The molecule has 2 N–H and O–H groups in total. The summed E-state index contributed by atoms with van der Waals surface area (Å²) >= 11 is 0. The molecule has 1 amide bonds. The van der Waals surface area contributed by atoms with Gasteiger partial charge in [0.1, 0.15) is 17.8 Å². The average molecular weight is 398 g/mol. The number of hydrogen-bond donors (Lipinski definition) is 2. The minimum absolute atomic E-state index is 0.0551. The van der Waals surface area contributed by atoms with Gasteiger partial charge in [-0.2, -0.15) is 0 Å². The van der Waals surface area contributed by atoms with Gasteiger partial charge in [-0.15, -0.1) is 0 Å². The van der Waals surface area contributed by atoms with Gasteiger partial charge in [-0.05, 0) is 43.3 Å². The van der Waals surface area contributed by atoms with Crippen LogP contribution in [0.5, 0.6) is 0 Å². The summed E-state index contributed by atoms with van der Waals surface area (Å²) in [4.78, 5) is 31.9. The Balaban J connectivity index is 1.69. The van der Waals surface area contributed by atoms with Crippen molar-refractivity contribution in [3.8, 4) is 0 Å². The Kier molecular flexibility index (Phi) is 6.08. The fourth-order valence-corrected chi connectivity index (χ4v) is 2.37. The van der Waals surface area contributed by atoms with Gasteiger partial charge in [0.25, 0.3) is 5.91 Å². The van der Waals surface area contributed by atoms with Crippen LogP contribution in [-0.2, 0) is 4.74 Å². The Morgan fingerprint density at radius 3 is 2.38 bits per heavy atom. The molecule has 0 spiro atoms. The normalized spacial score (nSPS) is 10.3. The predicted molar refractivity (Wildman–Crippen MR) is 102 cm³/mol. The SMILES string of the molecule is CCOC(=O)c1ccc(NC(=O)c2cc(Nc3ccc(F)c(F)c3)ncn2)cc1. The standard InChI is InChI=1S/C20H16F2N4O3/c1-2-29-20(28)12-3-5-13(6-4-12)26-19(27)17-10-18(24-11-23-17)25-14-7-8-15(21)16(22)9-14/h3-11H,2H2,1H3,(H,26,27)(H,23,24,25). The number of nitrogens with zero attached hydrogens (tertiary/aromatic N) is 2. The predicted octanol–water partition coefficient (Wildman–Crippen LogP) is 3.93. The second-order valence-electron chi connectivity index (χ2n) is 5.79. The summed E-state index contributed by atoms with van der Waals surface area (Å²) < 4.78 is 31.2. The highest BCUT2D eigenvalue weighted by Gasteiger charge is 2.11. The molecule has 148 valence electrons. The van der Waals surface area contributed by atoms with Crippen molar-refractivity contribution in [3.05, 3.63) is 77.8 Å². The van der Waals surface area contributed by atoms with E-state index in [1.807, 2.05) is 0 Å². The van der Waals surface area contributed by atoms with Crippen molar-refractivity contribution in [2.45, 2.75) is 6.92 Å². The van der Waals surface area contributed by atoms with Crippen LogP contribution >= 0.6 is 0 Å². The molecule has 3 aromatic rings. The molecule has 3 rings (SSSR count). The molecule has 0 unspecified atom stereocenters. The van der Waals surface area contributed by atoms with Gasteiger partial charge in [0.05, 0.1) is 12.2 Å². The van der Waals surface area contributed by atoms with Crippen LogP contribution in [0, 0.1) is 11.6 Å². The van der Waals surface area contributed by atoms with Crippen molar-refractivity contribution in [1.82, 2.24) is 9.97 Å². The summed E-state index contributed by atoms with van der Waals surface area (Å²) in [5, 5.41) is 5.42. The van der Waals surface area contributed by atoms with Gasteiger partial charge in [-0.25, -0.2) is 23.5 Å². The maximum absolute atomic E-state index is 13.3. The van der Waals surface area contributed by atoms with E-state index in [2.05, 4.69) is 20.6 Å². The average Bonchev–Trinajstić information content (AvgIpc) is 2.72. The second kappa shape index (κ2) is 8.87. The summed E-state index contributed by atoms with van der Waals surface area (Å²) in [6.07, 6.45) is 1.17. The molecule has 0 aliphatic rings. The van der Waals surface area contributed by atoms with Crippen LogP contribution in [0.1, 0.15) is 27.8 Å². The van der Waals surface area contributed by atoms with E-state index in [1.165, 1.54) is 30.6 Å². The molecule has 7 nitrogen and oxygen atoms in total. The van der Waals surface area contributed by atoms with Gasteiger partial charge >= 0.3 is 5.97 Å². The Bertz CT molecular complexity index is 1040. The van der Waals surface area contributed by atoms with E-state index in [-0.39, 0.29) is 23.8 Å². The zero-order valence-electron chi connectivity index (χ0n) is 15.3. The maximum Gasteiger partial charge on any atom is 0.338 e. The van der Waals surface area contributed by atoms with Gasteiger partial charge in [0.15, 0.2) is 11.6 Å². The lowest BCUT2D eigenvalue weighted by Gasteiger charge is -2.08. The Hall–Kier alpha value is -3.88. The number of ether oxygens (including phenoxy) is 1. The Morgan fingerprint density at radius 1 is 0.966 bits per heavy atom. The molecule has 1 heterocycles. The van der Waals surface area contributed by atoms with Crippen molar-refractivity contribution in [1.29, 1.82) is 0 Å². The third-order valence-corrected chi connectivity index (χ3v) is 3.75. The van der Waals surface area contributed by atoms with Crippen LogP contribution in [0.15, 0.2) is 54.9 Å². The summed E-state index contributed by atoms with van der Waals surface area (Å²) in [6.45, 7) is 1.98. The molecule has 0 aliphatic carbocycles. The number of rotatable bonds is 6. The summed E-state index contributed by atoms with van der Waals surface area (Å²) in [5.74, 6) is -2.70. The largest absolute Gasteiger partial charge is 0.462 e. The molecule has 9 heteroatoms. The lowest BCUT2D eigenvalue weighted by molar-refractivity contribution is 0.0526. The van der Waals surface area contributed by atoms with E-state index in [4.69, 9.17) is 4.74 Å². The fraction of sp³-hybridized carbons (Fsp3) is 0.100. The number of hydrogen-bond acceptors (Lipinski definition) is 6. The highest BCUT2D eigenvalue weighted by molar-refractivity contribution is 6.03. The number of carbonyl (C=O) groups excluding carboxylic acids is 2. The van der Waals surface area contributed by atoms with Crippen LogP contribution in [0.25, 0.3) is 0 Å². The van der Waals surface area contributed by atoms with Crippen LogP contribution in [0.4, 0.5) is 26.0 Å². The molecular weight excluding hydrogens is 382 g/mol. The van der Waals surface area contributed by atoms with Gasteiger partial charge in [0, 0.05) is 23.5 Å². The summed E-state index contributed by atoms with van der Waals surface area (Å²) in [7, 11) is 0. The number of carbonyl (C=O) groups is 2. The minimum atomic E-state index is -1.01. The minimum Gasteiger partial charge on any atom is -0.462 e. The zero-order valence-corrected chi connectivity index (χ0v) is 15.3. The van der Waals surface area contributed by atoms with Gasteiger partial charge in [-0.1, -0.05) is 0 Å². The molecule has 29 heavy (non-hydrogen) atoms. The molecule has 1 aromatic heterocycles. The Labute approximate surface area is 164 Å². The molecule has 2 aromatic carbocycles. The smallest absolute Gasteiger partial charge is 0.338 e. The Morgan fingerprint density at radius 2 is 1.69 bits per heavy atom. The van der Waals surface area contributed by atoms with E-state index in [1.54, 1.807) is 19.1 Å². The van der Waals surface area contributed by atoms with E-state index < -0.39 is 23.5 Å². The highest BCUT2D eigenvalue weighted by Crippen LogP contribution is 2.18. The van der Waals surface area contributed by atoms with E-state index in [0.717, 1.165) is 12.1 Å². The molecular formula is C20H16F2N4O3. The number of halogens is 2. The highest BCUT2D eigenvalue weighted by atomic mass is 19.2. The van der Waals surface area contributed by atoms with E-state index >= 15 is 0 Å². The molecule has 0 aliphatic heterocycles. The third kappa shape index (κ3) is 5.10. The zero-order chi connectivity index (χ0) is 20.8. The van der Waals surface area contributed by atoms with E-state index in [0.29, 0.717) is 11.3 Å². The number of amides is 1. The van der Waals surface area contributed by atoms with Gasteiger partial charge in [-0.3, -0.25) is 4.79 Å². The lowest BCUT2D eigenvalue weighted by Crippen LogP contribution is -2.14. The monoisotopic (exact) mass is 398 g/mol. The van der Waals surface area contributed by atoms with Crippen LogP contribution in [0.2, 0.25) is 0 Å². The first-order valence-electron chi connectivity index (χ1n) is 8.59. The lowest BCUT2D eigenvalue weighted by atomic mass is 10.2. The molecule has 0 saturated carbocycles. The molecule has 0 radical (unpaired) electrons. The number of nitrogens with one attached hydrogen (secondary N) is 2. The molecule has 0 atom stereocenters. The van der Waals surface area contributed by atoms with Crippen LogP contribution < -0.4 is 10.6 Å². The first kappa shape index (κ1) is 19.9. The third-order valence-electron chi connectivity index (χ3n) is 3.75. The second-order valence-corrected chi connectivity index (χ2v) is 5.79. The quantitative estimate of drug-likeness (QED) is 0.611. The van der Waals surface area contributed by atoms with Crippen molar-refractivity contribution in [2.24, 2.45) is 0 Å².